The van der Waals surface area contributed by atoms with Gasteiger partial charge >= 0.3 is 0 Å². The molecule has 3 aromatic heterocycles. The van der Waals surface area contributed by atoms with Crippen LogP contribution in [0.15, 0.2) is 28.4 Å². The van der Waals surface area contributed by atoms with E-state index in [2.05, 4.69) is 32.3 Å². The van der Waals surface area contributed by atoms with Gasteiger partial charge in [-0.3, -0.25) is 9.69 Å². The molecule has 1 saturated carbocycles. The number of H-pyrrole nitrogens is 2. The van der Waals surface area contributed by atoms with Crippen molar-refractivity contribution >= 4 is 38.3 Å². The van der Waals surface area contributed by atoms with Crippen LogP contribution < -0.4 is 10.9 Å². The molecule has 4 aromatic rings. The van der Waals surface area contributed by atoms with Crippen molar-refractivity contribution in [1.29, 1.82) is 0 Å². The first kappa shape index (κ1) is 22.5. The van der Waals surface area contributed by atoms with Crippen LogP contribution in [0.2, 0.25) is 0 Å². The second kappa shape index (κ2) is 8.99. The molecule has 2 aliphatic heterocycles. The van der Waals surface area contributed by atoms with Crippen LogP contribution in [0.4, 0.5) is 5.69 Å². The minimum absolute atomic E-state index is 0.141. The van der Waals surface area contributed by atoms with Crippen molar-refractivity contribution in [1.82, 2.24) is 19.9 Å². The van der Waals surface area contributed by atoms with E-state index in [1.165, 1.54) is 11.1 Å². The van der Waals surface area contributed by atoms with Crippen molar-refractivity contribution in [3.05, 3.63) is 45.1 Å². The van der Waals surface area contributed by atoms with E-state index >= 15 is 0 Å². The number of aromatic amines is 2. The Morgan fingerprint density at radius 1 is 1.06 bits per heavy atom. The Bertz CT molecular complexity index is 1430. The van der Waals surface area contributed by atoms with Gasteiger partial charge in [0.25, 0.3) is 5.56 Å². The van der Waals surface area contributed by atoms with E-state index in [0.29, 0.717) is 17.4 Å². The third-order valence-electron chi connectivity index (χ3n) is 8.18. The van der Waals surface area contributed by atoms with Gasteiger partial charge in [0.1, 0.15) is 11.4 Å². The van der Waals surface area contributed by atoms with E-state index < -0.39 is 0 Å². The molecule has 0 atom stereocenters. The van der Waals surface area contributed by atoms with Gasteiger partial charge in [-0.2, -0.15) is 0 Å². The number of benzene rings is 1. The van der Waals surface area contributed by atoms with Crippen molar-refractivity contribution in [2.45, 2.75) is 56.7 Å². The van der Waals surface area contributed by atoms with E-state index in [-0.39, 0.29) is 17.7 Å². The molecule has 0 amide bonds. The van der Waals surface area contributed by atoms with Crippen LogP contribution in [0.1, 0.15) is 36.8 Å². The molecule has 0 radical (unpaired) electrons. The number of imidazole rings is 1. The Hall–Kier alpha value is -2.72. The molecule has 7 rings (SSSR count). The van der Waals surface area contributed by atoms with E-state index in [0.717, 1.165) is 91.8 Å². The van der Waals surface area contributed by atoms with Crippen LogP contribution in [-0.4, -0.2) is 69.4 Å². The Balaban J connectivity index is 1.26. The number of aromatic nitrogens is 3. The fraction of sp³-hybridized carbons (Fsp3) is 0.481. The van der Waals surface area contributed by atoms with Gasteiger partial charge in [-0.1, -0.05) is 0 Å². The molecular weight excluding hydrogens is 474 g/mol. The number of hydrogen-bond acceptors (Lipinski definition) is 7. The summed E-state index contributed by atoms with van der Waals surface area (Å²) in [6.45, 7) is 3.79. The predicted molar refractivity (Wildman–Crippen MR) is 143 cm³/mol. The van der Waals surface area contributed by atoms with Gasteiger partial charge in [0.2, 0.25) is 0 Å². The monoisotopic (exact) mass is 505 g/mol. The lowest BCUT2D eigenvalue weighted by molar-refractivity contribution is -0.0634. The van der Waals surface area contributed by atoms with Crippen LogP contribution in [0.5, 0.6) is 0 Å². The molecule has 1 aromatic carbocycles. The van der Waals surface area contributed by atoms with E-state index in [9.17, 15) is 9.90 Å². The van der Waals surface area contributed by atoms with Crippen molar-refractivity contribution < 1.29 is 9.84 Å². The molecule has 4 N–H and O–H groups in total. The molecule has 188 valence electrons. The Morgan fingerprint density at radius 2 is 1.83 bits per heavy atom. The minimum Gasteiger partial charge on any atom is -0.393 e. The largest absolute Gasteiger partial charge is 0.393 e. The first-order valence-corrected chi connectivity index (χ1v) is 13.9. The van der Waals surface area contributed by atoms with E-state index in [1.54, 1.807) is 11.3 Å². The summed E-state index contributed by atoms with van der Waals surface area (Å²) in [5.74, 6) is 0.605. The zero-order valence-corrected chi connectivity index (χ0v) is 21.0. The standard InChI is InChI=1S/C27H31N5O3S/c33-19-3-1-17(2-4-19)28-24-23(27(34)31-20-7-10-36-25(20)24)26-29-21-11-15-5-8-32(18-13-35-14-18)9-6-16(15)12-22(21)30-26/h7,10-12,17-19,33H,1-6,8-9,13-14H2,(H,29,30)(H2,28,31,34). The summed E-state index contributed by atoms with van der Waals surface area (Å²) < 4.78 is 6.44. The topological polar surface area (TPSA) is 106 Å². The number of aliphatic hydroxyl groups excluding tert-OH is 1. The maximum Gasteiger partial charge on any atom is 0.261 e. The van der Waals surface area contributed by atoms with Crippen LogP contribution >= 0.6 is 11.3 Å². The quantitative estimate of drug-likeness (QED) is 0.337. The molecule has 8 nitrogen and oxygen atoms in total. The average molecular weight is 506 g/mol. The number of hydrogen-bond donors (Lipinski definition) is 4. The smallest absolute Gasteiger partial charge is 0.261 e. The zero-order valence-electron chi connectivity index (χ0n) is 20.2. The normalized spacial score (nSPS) is 23.5. The number of anilines is 1. The second-order valence-electron chi connectivity index (χ2n) is 10.5. The van der Waals surface area contributed by atoms with Gasteiger partial charge in [-0.25, -0.2) is 4.98 Å². The molecule has 1 saturated heterocycles. The molecular formula is C27H31N5O3S. The van der Waals surface area contributed by atoms with Crippen molar-refractivity contribution in [3.63, 3.8) is 0 Å². The second-order valence-corrected chi connectivity index (χ2v) is 11.4. The van der Waals surface area contributed by atoms with Gasteiger partial charge in [0, 0.05) is 19.1 Å². The van der Waals surface area contributed by atoms with Gasteiger partial charge in [-0.05, 0) is 73.2 Å². The Morgan fingerprint density at radius 3 is 2.58 bits per heavy atom. The highest BCUT2D eigenvalue weighted by atomic mass is 32.1. The lowest BCUT2D eigenvalue weighted by Crippen LogP contribution is -2.49. The SMILES string of the molecule is O=c1[nH]c2ccsc2c(NC2CCC(O)CC2)c1-c1nc2cc3c(cc2[nH]1)CCN(C1COC1)CC3. The predicted octanol–water partition coefficient (Wildman–Crippen LogP) is 3.65. The fourth-order valence-corrected chi connectivity index (χ4v) is 6.83. The van der Waals surface area contributed by atoms with Gasteiger partial charge in [0.15, 0.2) is 0 Å². The first-order chi connectivity index (χ1) is 17.6. The van der Waals surface area contributed by atoms with Gasteiger partial charge < -0.3 is 25.1 Å². The molecule has 36 heavy (non-hydrogen) atoms. The summed E-state index contributed by atoms with van der Waals surface area (Å²) in [6.07, 6.45) is 5.14. The summed E-state index contributed by atoms with van der Waals surface area (Å²) in [6, 6.07) is 7.18. The summed E-state index contributed by atoms with van der Waals surface area (Å²) in [5, 5.41) is 15.6. The molecule has 0 spiro atoms. The molecule has 0 unspecified atom stereocenters. The number of thiophene rings is 1. The molecule has 1 aliphatic carbocycles. The zero-order chi connectivity index (χ0) is 24.2. The summed E-state index contributed by atoms with van der Waals surface area (Å²) >= 11 is 1.62. The summed E-state index contributed by atoms with van der Waals surface area (Å²) in [5.41, 5.74) is 6.72. The third kappa shape index (κ3) is 3.94. The summed E-state index contributed by atoms with van der Waals surface area (Å²) in [4.78, 5) is 27.4. The Labute approximate surface area is 212 Å². The number of rotatable bonds is 4. The molecule has 2 fully saturated rings. The number of fused-ring (bicyclic) bond motifs is 3. The third-order valence-corrected chi connectivity index (χ3v) is 9.11. The number of nitrogens with one attached hydrogen (secondary N) is 3. The van der Waals surface area contributed by atoms with Crippen LogP contribution in [0, 0.1) is 0 Å². The Kier molecular flexibility index (Phi) is 5.61. The van der Waals surface area contributed by atoms with Crippen LogP contribution in [-0.2, 0) is 17.6 Å². The molecule has 3 aliphatic rings. The van der Waals surface area contributed by atoms with Gasteiger partial charge in [0.05, 0.1) is 52.3 Å². The number of aliphatic hydroxyl groups is 1. The van der Waals surface area contributed by atoms with Crippen molar-refractivity contribution in [2.75, 3.05) is 31.6 Å². The highest BCUT2D eigenvalue weighted by Gasteiger charge is 2.28. The van der Waals surface area contributed by atoms with E-state index in [1.807, 2.05) is 11.4 Å². The lowest BCUT2D eigenvalue weighted by atomic mass is 9.93. The minimum atomic E-state index is -0.219. The molecule has 9 heteroatoms. The highest BCUT2D eigenvalue weighted by molar-refractivity contribution is 7.17. The summed E-state index contributed by atoms with van der Waals surface area (Å²) in [7, 11) is 0. The van der Waals surface area contributed by atoms with E-state index in [4.69, 9.17) is 9.72 Å². The van der Waals surface area contributed by atoms with Crippen LogP contribution in [0.25, 0.3) is 32.6 Å². The fourth-order valence-electron chi connectivity index (χ4n) is 5.97. The van der Waals surface area contributed by atoms with Crippen LogP contribution in [0.3, 0.4) is 0 Å². The number of ether oxygens (including phenoxy) is 1. The molecule has 0 bridgehead atoms. The maximum absolute atomic E-state index is 13.4. The first-order valence-electron chi connectivity index (χ1n) is 13.0. The van der Waals surface area contributed by atoms with Gasteiger partial charge in [-0.15, -0.1) is 11.3 Å². The number of nitrogens with zero attached hydrogens (tertiary/aromatic N) is 2. The van der Waals surface area contributed by atoms with Crippen molar-refractivity contribution in [3.8, 4) is 11.4 Å². The lowest BCUT2D eigenvalue weighted by Gasteiger charge is -2.36. The molecule has 5 heterocycles. The highest BCUT2D eigenvalue weighted by Crippen LogP contribution is 2.36. The number of pyridine rings is 1. The maximum atomic E-state index is 13.4. The van der Waals surface area contributed by atoms with Crippen molar-refractivity contribution in [2.24, 2.45) is 0 Å². The average Bonchev–Trinajstić information content (AvgIpc) is 3.41.